The maximum atomic E-state index is 12.6. The number of ether oxygens (including phenoxy) is 1. The number of sulfonamides is 1. The molecule has 176 valence electrons. The van der Waals surface area contributed by atoms with E-state index >= 15 is 0 Å². The van der Waals surface area contributed by atoms with Gasteiger partial charge in [0, 0.05) is 11.3 Å². The summed E-state index contributed by atoms with van der Waals surface area (Å²) < 4.78 is 32.9. The van der Waals surface area contributed by atoms with Gasteiger partial charge in [0.15, 0.2) is 6.10 Å². The van der Waals surface area contributed by atoms with Crippen LogP contribution in [0.1, 0.15) is 33.2 Å². The highest BCUT2D eigenvalue weighted by atomic mass is 32.2. The number of benzene rings is 3. The van der Waals surface area contributed by atoms with Gasteiger partial charge in [-0.1, -0.05) is 18.2 Å². The predicted molar refractivity (Wildman–Crippen MR) is 127 cm³/mol. The van der Waals surface area contributed by atoms with Crippen LogP contribution in [-0.2, 0) is 19.6 Å². The zero-order valence-corrected chi connectivity index (χ0v) is 19.3. The second-order valence-electron chi connectivity index (χ2n) is 7.42. The summed E-state index contributed by atoms with van der Waals surface area (Å²) in [4.78, 5) is 35.8. The van der Waals surface area contributed by atoms with Crippen LogP contribution in [0.4, 0.5) is 11.4 Å². The van der Waals surface area contributed by atoms with Gasteiger partial charge >= 0.3 is 5.97 Å². The highest BCUT2D eigenvalue weighted by Gasteiger charge is 2.21. The predicted octanol–water partition coefficient (Wildman–Crippen LogP) is 3.08. The number of para-hydroxylation sites is 1. The fourth-order valence-electron chi connectivity index (χ4n) is 2.91. The van der Waals surface area contributed by atoms with Gasteiger partial charge in [-0.15, -0.1) is 0 Å². The summed E-state index contributed by atoms with van der Waals surface area (Å²) in [5, 5.41) is 2.57. The van der Waals surface area contributed by atoms with E-state index in [9.17, 15) is 22.8 Å². The van der Waals surface area contributed by atoms with Crippen molar-refractivity contribution in [3.63, 3.8) is 0 Å². The van der Waals surface area contributed by atoms with E-state index in [1.165, 1.54) is 55.5 Å². The number of esters is 1. The molecular weight excluding hydrogens is 458 g/mol. The standard InChI is InChI=1S/C24H23N3O6S/c1-15-5-3-4-6-21(15)27-34(31,32)20-13-9-18(10-14-20)24(30)33-16(2)23(29)26-19-11-7-17(8-12-19)22(25)28/h3-14,16,27H,1-2H3,(H2,25,28)(H,26,29). The summed E-state index contributed by atoms with van der Waals surface area (Å²) in [7, 11) is -3.85. The monoisotopic (exact) mass is 481 g/mol. The number of hydrogen-bond acceptors (Lipinski definition) is 6. The summed E-state index contributed by atoms with van der Waals surface area (Å²) in [5.41, 5.74) is 7.17. The number of nitrogens with one attached hydrogen (secondary N) is 2. The van der Waals surface area contributed by atoms with Crippen molar-refractivity contribution >= 4 is 39.2 Å². The van der Waals surface area contributed by atoms with Crippen molar-refractivity contribution in [1.82, 2.24) is 0 Å². The highest BCUT2D eigenvalue weighted by Crippen LogP contribution is 2.20. The molecule has 9 nitrogen and oxygen atoms in total. The van der Waals surface area contributed by atoms with E-state index < -0.39 is 33.9 Å². The zero-order chi connectivity index (χ0) is 24.9. The molecule has 0 heterocycles. The van der Waals surface area contributed by atoms with Crippen LogP contribution in [0.25, 0.3) is 0 Å². The van der Waals surface area contributed by atoms with Crippen LogP contribution >= 0.6 is 0 Å². The molecule has 3 aromatic carbocycles. The van der Waals surface area contributed by atoms with Crippen molar-refractivity contribution in [2.45, 2.75) is 24.8 Å². The summed E-state index contributed by atoms with van der Waals surface area (Å²) in [6, 6.07) is 18.0. The van der Waals surface area contributed by atoms with Gasteiger partial charge in [-0.05, 0) is 74.0 Å². The van der Waals surface area contributed by atoms with Crippen LogP contribution in [0.15, 0.2) is 77.7 Å². The molecule has 1 unspecified atom stereocenters. The molecule has 10 heteroatoms. The van der Waals surface area contributed by atoms with Crippen LogP contribution in [0.3, 0.4) is 0 Å². The van der Waals surface area contributed by atoms with Gasteiger partial charge in [0.05, 0.1) is 16.1 Å². The average Bonchev–Trinajstić information content (AvgIpc) is 2.80. The highest BCUT2D eigenvalue weighted by molar-refractivity contribution is 7.92. The Morgan fingerprint density at radius 3 is 2.06 bits per heavy atom. The minimum Gasteiger partial charge on any atom is -0.449 e. The molecule has 2 amide bonds. The average molecular weight is 482 g/mol. The molecule has 0 saturated heterocycles. The topological polar surface area (TPSA) is 145 Å². The maximum absolute atomic E-state index is 12.6. The second-order valence-corrected chi connectivity index (χ2v) is 9.11. The number of hydrogen-bond donors (Lipinski definition) is 3. The summed E-state index contributed by atoms with van der Waals surface area (Å²) in [5.74, 6) is -1.96. The van der Waals surface area contributed by atoms with E-state index in [4.69, 9.17) is 10.5 Å². The summed E-state index contributed by atoms with van der Waals surface area (Å²) >= 11 is 0. The Morgan fingerprint density at radius 2 is 1.47 bits per heavy atom. The molecule has 0 spiro atoms. The van der Waals surface area contributed by atoms with Gasteiger partial charge in [-0.2, -0.15) is 0 Å². The number of amides is 2. The third-order valence-electron chi connectivity index (χ3n) is 4.88. The zero-order valence-electron chi connectivity index (χ0n) is 18.4. The molecule has 0 aliphatic rings. The Hall–Kier alpha value is -4.18. The van der Waals surface area contributed by atoms with Gasteiger partial charge in [-0.25, -0.2) is 13.2 Å². The Morgan fingerprint density at radius 1 is 0.882 bits per heavy atom. The van der Waals surface area contributed by atoms with Crippen LogP contribution in [-0.4, -0.2) is 32.3 Å². The number of carbonyl (C=O) groups is 3. The quantitative estimate of drug-likeness (QED) is 0.422. The number of nitrogens with two attached hydrogens (primary N) is 1. The van der Waals surface area contributed by atoms with Crippen LogP contribution in [0, 0.1) is 6.92 Å². The van der Waals surface area contributed by atoms with Gasteiger partial charge in [0.1, 0.15) is 0 Å². The van der Waals surface area contributed by atoms with Crippen molar-refractivity contribution in [1.29, 1.82) is 0 Å². The second kappa shape index (κ2) is 10.2. The normalized spacial score (nSPS) is 11.8. The summed E-state index contributed by atoms with van der Waals surface area (Å²) in [6.45, 7) is 3.18. The van der Waals surface area contributed by atoms with E-state index in [1.54, 1.807) is 31.2 Å². The Bertz CT molecular complexity index is 1320. The van der Waals surface area contributed by atoms with E-state index in [0.717, 1.165) is 5.56 Å². The Kier molecular flexibility index (Phi) is 7.32. The van der Waals surface area contributed by atoms with Crippen molar-refractivity contribution in [3.8, 4) is 0 Å². The van der Waals surface area contributed by atoms with E-state index in [2.05, 4.69) is 10.0 Å². The minimum absolute atomic E-state index is 0.0301. The number of anilines is 2. The van der Waals surface area contributed by atoms with E-state index in [-0.39, 0.29) is 16.0 Å². The van der Waals surface area contributed by atoms with Gasteiger partial charge in [-0.3, -0.25) is 14.3 Å². The maximum Gasteiger partial charge on any atom is 0.338 e. The minimum atomic E-state index is -3.85. The fourth-order valence-corrected chi connectivity index (χ4v) is 4.04. The first-order valence-electron chi connectivity index (χ1n) is 10.2. The molecule has 34 heavy (non-hydrogen) atoms. The lowest BCUT2D eigenvalue weighted by Crippen LogP contribution is -2.30. The van der Waals surface area contributed by atoms with Gasteiger partial charge < -0.3 is 15.8 Å². The first kappa shape index (κ1) is 24.5. The third kappa shape index (κ3) is 5.99. The number of carbonyl (C=O) groups excluding carboxylic acids is 3. The van der Waals surface area contributed by atoms with E-state index in [0.29, 0.717) is 11.4 Å². The smallest absolute Gasteiger partial charge is 0.338 e. The molecule has 0 aromatic heterocycles. The first-order valence-corrected chi connectivity index (χ1v) is 11.7. The van der Waals surface area contributed by atoms with Crippen LogP contribution in [0.5, 0.6) is 0 Å². The van der Waals surface area contributed by atoms with Crippen molar-refractivity contribution in [3.05, 3.63) is 89.5 Å². The molecule has 0 saturated carbocycles. The molecule has 4 N–H and O–H groups in total. The van der Waals surface area contributed by atoms with Crippen LogP contribution in [0.2, 0.25) is 0 Å². The molecule has 0 aliphatic carbocycles. The lowest BCUT2D eigenvalue weighted by atomic mass is 10.2. The SMILES string of the molecule is Cc1ccccc1NS(=O)(=O)c1ccc(C(=O)OC(C)C(=O)Nc2ccc(C(N)=O)cc2)cc1. The van der Waals surface area contributed by atoms with Crippen LogP contribution < -0.4 is 15.8 Å². The van der Waals surface area contributed by atoms with Gasteiger partial charge in [0.25, 0.3) is 15.9 Å². The third-order valence-corrected chi connectivity index (χ3v) is 6.26. The molecular formula is C24H23N3O6S. The van der Waals surface area contributed by atoms with Crippen molar-refractivity contribution in [2.75, 3.05) is 10.0 Å². The molecule has 0 aliphatic heterocycles. The molecule has 3 aromatic rings. The lowest BCUT2D eigenvalue weighted by molar-refractivity contribution is -0.123. The first-order chi connectivity index (χ1) is 16.1. The fraction of sp³-hybridized carbons (Fsp3) is 0.125. The molecule has 3 rings (SSSR count). The van der Waals surface area contributed by atoms with Crippen molar-refractivity contribution < 1.29 is 27.5 Å². The number of primary amides is 1. The van der Waals surface area contributed by atoms with Gasteiger partial charge in [0.2, 0.25) is 5.91 Å². The summed E-state index contributed by atoms with van der Waals surface area (Å²) in [6.07, 6.45) is -1.13. The molecule has 1 atom stereocenters. The lowest BCUT2D eigenvalue weighted by Gasteiger charge is -2.14. The molecule has 0 radical (unpaired) electrons. The Labute approximate surface area is 197 Å². The van der Waals surface area contributed by atoms with E-state index in [1.807, 2.05) is 0 Å². The molecule has 0 fully saturated rings. The number of aryl methyl sites for hydroxylation is 1. The Balaban J connectivity index is 1.62. The molecule has 0 bridgehead atoms. The largest absolute Gasteiger partial charge is 0.449 e. The van der Waals surface area contributed by atoms with Crippen molar-refractivity contribution in [2.24, 2.45) is 5.73 Å². The number of rotatable bonds is 8.